The van der Waals surface area contributed by atoms with Crippen LogP contribution in [0.15, 0.2) is 78.7 Å². The van der Waals surface area contributed by atoms with Crippen LogP contribution in [-0.4, -0.2) is 31.7 Å². The van der Waals surface area contributed by atoms with Crippen molar-refractivity contribution in [3.63, 3.8) is 0 Å². The van der Waals surface area contributed by atoms with Crippen molar-refractivity contribution in [2.45, 2.75) is 99.8 Å². The summed E-state index contributed by atoms with van der Waals surface area (Å²) in [6.45, 7) is 30.7. The minimum absolute atomic E-state index is 0.825. The van der Waals surface area contributed by atoms with E-state index >= 15 is 0 Å². The van der Waals surface area contributed by atoms with Gasteiger partial charge in [0.25, 0.3) is 0 Å². The number of thiazole rings is 1. The summed E-state index contributed by atoms with van der Waals surface area (Å²) in [6.07, 6.45) is 9.40. The van der Waals surface area contributed by atoms with Gasteiger partial charge < -0.3 is 16.0 Å². The van der Waals surface area contributed by atoms with Gasteiger partial charge in [0.2, 0.25) is 0 Å². The molecule has 0 saturated carbocycles. The minimum atomic E-state index is 0.825. The number of hydrogen-bond donors (Lipinski definition) is 2. The Morgan fingerprint density at radius 1 is 0.867 bits per heavy atom. The largest absolute Gasteiger partial charge is 0.385 e. The molecule has 45 heavy (non-hydrogen) atoms. The number of aromatic nitrogens is 1. The summed E-state index contributed by atoms with van der Waals surface area (Å²) in [5.41, 5.74) is 17.2. The zero-order chi connectivity index (χ0) is 34.0. The summed E-state index contributed by atoms with van der Waals surface area (Å²) < 4.78 is 0. The summed E-state index contributed by atoms with van der Waals surface area (Å²) in [4.78, 5) is 6.82. The zero-order valence-electron chi connectivity index (χ0n) is 30.0. The molecule has 0 saturated heterocycles. The fraction of sp³-hybridized carbons (Fsp3) is 0.475. The maximum absolute atomic E-state index is 4.50. The van der Waals surface area contributed by atoms with Crippen molar-refractivity contribution < 1.29 is 0 Å². The second kappa shape index (κ2) is 26.1. The van der Waals surface area contributed by atoms with E-state index in [-0.39, 0.29) is 0 Å². The van der Waals surface area contributed by atoms with Crippen molar-refractivity contribution in [1.82, 2.24) is 10.3 Å². The molecule has 1 heterocycles. The van der Waals surface area contributed by atoms with Crippen molar-refractivity contribution in [1.29, 1.82) is 0 Å². The Kier molecular flexibility index (Phi) is 24.3. The highest BCUT2D eigenvalue weighted by molar-refractivity contribution is 7.07. The summed E-state index contributed by atoms with van der Waals surface area (Å²) in [5, 5.41) is 5.45. The molecule has 0 aliphatic carbocycles. The van der Waals surface area contributed by atoms with Gasteiger partial charge in [0.1, 0.15) is 0 Å². The molecule has 0 aliphatic heterocycles. The Bertz CT molecular complexity index is 1210. The third-order valence-corrected chi connectivity index (χ3v) is 7.75. The van der Waals surface area contributed by atoms with E-state index in [4.69, 9.17) is 0 Å². The molecule has 0 amide bonds. The van der Waals surface area contributed by atoms with Gasteiger partial charge in [0, 0.05) is 36.4 Å². The Labute approximate surface area is 281 Å². The molecule has 0 fully saturated rings. The molecule has 0 bridgehead atoms. The number of benzene rings is 2. The molecular formula is C40H64N4S. The summed E-state index contributed by atoms with van der Waals surface area (Å²) in [7, 11) is 1.50. The molecule has 2 aromatic carbocycles. The second-order valence-corrected chi connectivity index (χ2v) is 12.1. The topological polar surface area (TPSA) is 54.2 Å². The first-order valence-corrected chi connectivity index (χ1v) is 17.7. The molecule has 250 valence electrons. The fourth-order valence-corrected chi connectivity index (χ4v) is 5.16. The van der Waals surface area contributed by atoms with Gasteiger partial charge in [-0.05, 0) is 106 Å². The lowest BCUT2D eigenvalue weighted by molar-refractivity contribution is 0.743. The maximum atomic E-state index is 4.50. The third kappa shape index (κ3) is 17.8. The van der Waals surface area contributed by atoms with Crippen LogP contribution in [0.5, 0.6) is 0 Å². The standard InChI is InChI=1S/C19H24N2S.C13H21N.C7H14.CH5N/c1-5-6-9-20-16(4)17-8-7-14(2)18(11-17)10-15(3)19-12-22-13-21-19;1-4-10-14(11-5-2)13-9-7-6-8-12(13)3;1-4-5-6-7(2)3;1-2/h7-8,11-13,20H,3-6,9-10H2,1-2H3;6-9H,4-5,10-11H2,1-3H3;2,4-6H2,1,3H3;2H2,1H3. The lowest BCUT2D eigenvalue weighted by atomic mass is 9.97. The van der Waals surface area contributed by atoms with E-state index in [0.717, 1.165) is 35.5 Å². The molecule has 0 aliphatic rings. The number of hydrogen-bond acceptors (Lipinski definition) is 5. The summed E-state index contributed by atoms with van der Waals surface area (Å²) in [5.74, 6) is 0. The van der Waals surface area contributed by atoms with Crippen LogP contribution in [0, 0.1) is 13.8 Å². The number of nitrogens with two attached hydrogens (primary N) is 1. The molecule has 0 atom stereocenters. The van der Waals surface area contributed by atoms with Gasteiger partial charge in [-0.2, -0.15) is 0 Å². The van der Waals surface area contributed by atoms with Crippen molar-refractivity contribution >= 4 is 28.3 Å². The molecule has 3 N–H and O–H groups in total. The van der Waals surface area contributed by atoms with Crippen LogP contribution in [0.25, 0.3) is 11.3 Å². The van der Waals surface area contributed by atoms with Gasteiger partial charge in [-0.15, -0.1) is 17.9 Å². The first-order valence-electron chi connectivity index (χ1n) is 16.8. The van der Waals surface area contributed by atoms with E-state index in [1.807, 2.05) is 10.9 Å². The molecule has 1 aromatic heterocycles. The smallest absolute Gasteiger partial charge is 0.0798 e. The number of para-hydroxylation sites is 1. The molecule has 3 rings (SSSR count). The van der Waals surface area contributed by atoms with Crippen LogP contribution in [0.1, 0.15) is 108 Å². The van der Waals surface area contributed by atoms with Gasteiger partial charge in [0.05, 0.1) is 11.2 Å². The van der Waals surface area contributed by atoms with Crippen molar-refractivity contribution in [3.8, 4) is 0 Å². The Morgan fingerprint density at radius 3 is 2.02 bits per heavy atom. The lowest BCUT2D eigenvalue weighted by Crippen LogP contribution is -2.25. The van der Waals surface area contributed by atoms with Crippen LogP contribution >= 0.6 is 11.3 Å². The van der Waals surface area contributed by atoms with Crippen LogP contribution < -0.4 is 16.0 Å². The number of unbranched alkanes of at least 4 members (excludes halogenated alkanes) is 2. The van der Waals surface area contributed by atoms with E-state index in [1.165, 1.54) is 93.0 Å². The van der Waals surface area contributed by atoms with Gasteiger partial charge in [-0.25, -0.2) is 4.98 Å². The van der Waals surface area contributed by atoms with Gasteiger partial charge in [-0.3, -0.25) is 0 Å². The highest BCUT2D eigenvalue weighted by atomic mass is 32.1. The molecule has 4 nitrogen and oxygen atoms in total. The Balaban J connectivity index is 0.000000718. The number of nitrogens with one attached hydrogen (secondary N) is 1. The van der Waals surface area contributed by atoms with Gasteiger partial charge >= 0.3 is 0 Å². The molecule has 0 radical (unpaired) electrons. The summed E-state index contributed by atoms with van der Waals surface area (Å²) >= 11 is 1.61. The quantitative estimate of drug-likeness (QED) is 0.122. The van der Waals surface area contributed by atoms with Gasteiger partial charge in [-0.1, -0.05) is 89.6 Å². The fourth-order valence-electron chi connectivity index (χ4n) is 4.56. The normalized spacial score (nSPS) is 9.80. The van der Waals surface area contributed by atoms with Crippen LogP contribution in [0.2, 0.25) is 0 Å². The van der Waals surface area contributed by atoms with E-state index in [0.29, 0.717) is 0 Å². The van der Waals surface area contributed by atoms with Crippen LogP contribution in [0.3, 0.4) is 0 Å². The van der Waals surface area contributed by atoms with Crippen molar-refractivity contribution in [2.24, 2.45) is 5.73 Å². The Morgan fingerprint density at radius 2 is 1.51 bits per heavy atom. The SMILES string of the molecule is C=C(C)CCCC.C=C(NCCCC)c1ccc(C)c(CC(=C)c2cscn2)c1.CCCN(CCC)c1ccccc1C.CN. The second-order valence-electron chi connectivity index (χ2n) is 11.4. The molecule has 0 unspecified atom stereocenters. The van der Waals surface area contributed by atoms with E-state index in [2.05, 4.69) is 132 Å². The third-order valence-electron chi connectivity index (χ3n) is 7.17. The van der Waals surface area contributed by atoms with Crippen molar-refractivity contribution in [2.75, 3.05) is 31.6 Å². The first-order chi connectivity index (χ1) is 21.7. The molecule has 5 heteroatoms. The summed E-state index contributed by atoms with van der Waals surface area (Å²) in [6, 6.07) is 15.1. The van der Waals surface area contributed by atoms with Crippen molar-refractivity contribution in [3.05, 3.63) is 107 Å². The predicted octanol–water partition coefficient (Wildman–Crippen LogP) is 11.0. The van der Waals surface area contributed by atoms with E-state index in [9.17, 15) is 0 Å². The monoisotopic (exact) mass is 632 g/mol. The number of rotatable bonds is 16. The number of aryl methyl sites for hydroxylation is 2. The molecule has 0 spiro atoms. The molecule has 3 aromatic rings. The zero-order valence-corrected chi connectivity index (χ0v) is 30.8. The average molecular weight is 633 g/mol. The van der Waals surface area contributed by atoms with Crippen LogP contribution in [-0.2, 0) is 6.42 Å². The first kappa shape index (κ1) is 41.9. The highest BCUT2D eigenvalue weighted by Crippen LogP contribution is 2.23. The number of nitrogens with zero attached hydrogens (tertiary/aromatic N) is 2. The predicted molar refractivity (Wildman–Crippen MR) is 206 cm³/mol. The van der Waals surface area contributed by atoms with E-state index in [1.54, 1.807) is 11.3 Å². The average Bonchev–Trinajstić information content (AvgIpc) is 3.59. The van der Waals surface area contributed by atoms with Crippen LogP contribution in [0.4, 0.5) is 5.69 Å². The lowest BCUT2D eigenvalue weighted by Gasteiger charge is -2.25. The highest BCUT2D eigenvalue weighted by Gasteiger charge is 2.08. The maximum Gasteiger partial charge on any atom is 0.0798 e. The van der Waals surface area contributed by atoms with Gasteiger partial charge in [0.15, 0.2) is 0 Å². The molecular weight excluding hydrogens is 569 g/mol. The number of anilines is 1. The number of allylic oxidation sites excluding steroid dienone is 2. The Hall–Kier alpha value is -3.15. The van der Waals surface area contributed by atoms with E-state index < -0.39 is 0 Å². The minimum Gasteiger partial charge on any atom is -0.385 e.